The van der Waals surface area contributed by atoms with Crippen LogP contribution in [-0.2, 0) is 14.2 Å². The summed E-state index contributed by atoms with van der Waals surface area (Å²) in [5, 5.41) is 29.3. The Bertz CT molecular complexity index is 339. The summed E-state index contributed by atoms with van der Waals surface area (Å²) in [6, 6.07) is 0. The first kappa shape index (κ1) is 18.1. The molecule has 6 nitrogen and oxygen atoms in total. The van der Waals surface area contributed by atoms with Crippen molar-refractivity contribution in [3.63, 3.8) is 0 Å². The van der Waals surface area contributed by atoms with Crippen LogP contribution in [0.15, 0.2) is 0 Å². The van der Waals surface area contributed by atoms with Crippen molar-refractivity contribution in [1.82, 2.24) is 0 Å². The Morgan fingerprint density at radius 1 is 1.23 bits per heavy atom. The second-order valence-electron chi connectivity index (χ2n) is 6.61. The lowest BCUT2D eigenvalue weighted by atomic mass is 10.0. The lowest BCUT2D eigenvalue weighted by Gasteiger charge is -2.36. The maximum Gasteiger partial charge on any atom is 0.184 e. The topological polar surface area (TPSA) is 88.4 Å². The van der Waals surface area contributed by atoms with Crippen molar-refractivity contribution < 1.29 is 29.5 Å². The number of rotatable bonds is 8. The van der Waals surface area contributed by atoms with Crippen LogP contribution in [-0.4, -0.2) is 58.9 Å². The van der Waals surface area contributed by atoms with Crippen molar-refractivity contribution in [2.24, 2.45) is 11.8 Å². The molecule has 1 unspecified atom stereocenters. The molecule has 2 rings (SSSR count). The van der Waals surface area contributed by atoms with Crippen molar-refractivity contribution >= 4 is 0 Å². The zero-order valence-electron chi connectivity index (χ0n) is 13.7. The maximum atomic E-state index is 9.91. The number of aliphatic hydroxyl groups excluding tert-OH is 3. The van der Waals surface area contributed by atoms with Gasteiger partial charge in [0.1, 0.15) is 6.10 Å². The average Bonchev–Trinajstić information content (AvgIpc) is 3.22. The van der Waals surface area contributed by atoms with Crippen LogP contribution < -0.4 is 0 Å². The summed E-state index contributed by atoms with van der Waals surface area (Å²) < 4.78 is 16.5. The largest absolute Gasteiger partial charge is 0.390 e. The second kappa shape index (κ2) is 8.04. The Kier molecular flexibility index (Phi) is 6.61. The summed E-state index contributed by atoms with van der Waals surface area (Å²) in [5.74, 6) is 0.740. The van der Waals surface area contributed by atoms with E-state index in [2.05, 4.69) is 0 Å². The molecule has 3 N–H and O–H groups in total. The van der Waals surface area contributed by atoms with E-state index >= 15 is 0 Å². The van der Waals surface area contributed by atoms with E-state index in [0.717, 1.165) is 19.3 Å². The fraction of sp³-hybridized carbons (Fsp3) is 1.00. The number of hydrogen-bond donors (Lipinski definition) is 3. The van der Waals surface area contributed by atoms with Crippen molar-refractivity contribution in [2.45, 2.75) is 83.5 Å². The maximum absolute atomic E-state index is 9.91. The van der Waals surface area contributed by atoms with Gasteiger partial charge in [-0.15, -0.1) is 0 Å². The van der Waals surface area contributed by atoms with Gasteiger partial charge in [-0.25, -0.2) is 0 Å². The third-order valence-corrected chi connectivity index (χ3v) is 4.68. The van der Waals surface area contributed by atoms with Crippen LogP contribution in [0, 0.1) is 11.8 Å². The highest BCUT2D eigenvalue weighted by Gasteiger charge is 2.43. The van der Waals surface area contributed by atoms with Gasteiger partial charge in [-0.2, -0.15) is 0 Å². The van der Waals surface area contributed by atoms with Crippen LogP contribution in [0.3, 0.4) is 0 Å². The predicted molar refractivity (Wildman–Crippen MR) is 80.0 cm³/mol. The van der Waals surface area contributed by atoms with Crippen LogP contribution in [0.1, 0.15) is 46.5 Å². The first-order chi connectivity index (χ1) is 10.4. The fourth-order valence-corrected chi connectivity index (χ4v) is 3.06. The molecule has 1 saturated carbocycles. The molecule has 0 aromatic rings. The second-order valence-corrected chi connectivity index (χ2v) is 6.61. The molecular formula is C16H30O6. The molecular weight excluding hydrogens is 288 g/mol. The number of aliphatic hydroxyl groups is 3. The van der Waals surface area contributed by atoms with Crippen molar-refractivity contribution in [3.05, 3.63) is 0 Å². The van der Waals surface area contributed by atoms with Crippen LogP contribution >= 0.6 is 0 Å². The van der Waals surface area contributed by atoms with Gasteiger partial charge in [0.25, 0.3) is 0 Å². The highest BCUT2D eigenvalue weighted by atomic mass is 16.7. The summed E-state index contributed by atoms with van der Waals surface area (Å²) in [7, 11) is 0. The van der Waals surface area contributed by atoms with Gasteiger partial charge in [0, 0.05) is 18.9 Å². The molecule has 0 aromatic carbocycles. The molecule has 8 atom stereocenters. The van der Waals surface area contributed by atoms with Crippen LogP contribution in [0.2, 0.25) is 0 Å². The van der Waals surface area contributed by atoms with Gasteiger partial charge in [-0.1, -0.05) is 0 Å². The van der Waals surface area contributed by atoms with E-state index in [1.165, 1.54) is 0 Å². The lowest BCUT2D eigenvalue weighted by molar-refractivity contribution is -0.273. The van der Waals surface area contributed by atoms with Crippen LogP contribution in [0.5, 0.6) is 0 Å². The van der Waals surface area contributed by atoms with Crippen molar-refractivity contribution in [3.8, 4) is 0 Å². The zero-order chi connectivity index (χ0) is 16.3. The Hall–Kier alpha value is -0.240. The molecule has 2 fully saturated rings. The fourth-order valence-electron chi connectivity index (χ4n) is 3.06. The first-order valence-electron chi connectivity index (χ1n) is 8.39. The van der Waals surface area contributed by atoms with Crippen LogP contribution in [0.25, 0.3) is 0 Å². The van der Waals surface area contributed by atoms with E-state index < -0.39 is 24.8 Å². The van der Waals surface area contributed by atoms with Gasteiger partial charge in [0.2, 0.25) is 0 Å². The highest BCUT2D eigenvalue weighted by Crippen LogP contribution is 2.45. The molecule has 130 valence electrons. The molecule has 2 aliphatic rings. The van der Waals surface area contributed by atoms with Gasteiger partial charge in [0.15, 0.2) is 12.6 Å². The predicted octanol–water partition coefficient (Wildman–Crippen LogP) is 1.02. The molecule has 0 spiro atoms. The van der Waals surface area contributed by atoms with Gasteiger partial charge in [-0.05, 0) is 46.0 Å². The standard InChI is InChI=1S/C16H30O6/c1-4-20-15(19)12-7-11(12)6-5-9(2)21-16-14(18)8-13(17)10(3)22-16/h9-19H,4-8H2,1-3H3/t9-,10+,11-,12-,13-,14-,15?,16-/m1/s1. The van der Waals surface area contributed by atoms with E-state index in [0.29, 0.717) is 12.5 Å². The molecule has 0 aromatic heterocycles. The van der Waals surface area contributed by atoms with Crippen molar-refractivity contribution in [1.29, 1.82) is 0 Å². The van der Waals surface area contributed by atoms with Gasteiger partial charge in [-0.3, -0.25) is 0 Å². The van der Waals surface area contributed by atoms with Gasteiger partial charge in [0.05, 0.1) is 18.3 Å². The molecule has 1 aliphatic carbocycles. The first-order valence-corrected chi connectivity index (χ1v) is 8.39. The summed E-state index contributed by atoms with van der Waals surface area (Å²) in [4.78, 5) is 0. The van der Waals surface area contributed by atoms with Gasteiger partial charge < -0.3 is 29.5 Å². The summed E-state index contributed by atoms with van der Waals surface area (Å²) >= 11 is 0. The van der Waals surface area contributed by atoms with Gasteiger partial charge >= 0.3 is 0 Å². The number of hydrogen-bond acceptors (Lipinski definition) is 6. The Labute approximate surface area is 132 Å². The van der Waals surface area contributed by atoms with E-state index in [1.54, 1.807) is 6.92 Å². The Balaban J connectivity index is 1.65. The van der Waals surface area contributed by atoms with E-state index in [9.17, 15) is 15.3 Å². The summed E-state index contributed by atoms with van der Waals surface area (Å²) in [6.45, 7) is 6.15. The summed E-state index contributed by atoms with van der Waals surface area (Å²) in [6.07, 6.45) is 0.000535. The number of ether oxygens (including phenoxy) is 3. The van der Waals surface area contributed by atoms with E-state index in [1.807, 2.05) is 13.8 Å². The zero-order valence-corrected chi connectivity index (χ0v) is 13.7. The molecule has 1 aliphatic heterocycles. The third kappa shape index (κ3) is 4.88. The van der Waals surface area contributed by atoms with E-state index in [-0.39, 0.29) is 24.5 Å². The Morgan fingerprint density at radius 3 is 2.64 bits per heavy atom. The molecule has 6 heteroatoms. The molecule has 1 heterocycles. The molecule has 0 amide bonds. The van der Waals surface area contributed by atoms with Crippen molar-refractivity contribution in [2.75, 3.05) is 6.61 Å². The lowest BCUT2D eigenvalue weighted by Crippen LogP contribution is -2.48. The normalized spacial score (nSPS) is 41.2. The molecule has 0 radical (unpaired) electrons. The third-order valence-electron chi connectivity index (χ3n) is 4.68. The quantitative estimate of drug-likeness (QED) is 0.579. The minimum absolute atomic E-state index is 0.0346. The minimum atomic E-state index is -0.790. The SMILES string of the molecule is CCOC(O)[C@@H]1C[C@H]1CC[C@@H](C)O[C@@H]1O[C@@H](C)[C@H](O)C[C@H]1O. The Morgan fingerprint density at radius 2 is 1.95 bits per heavy atom. The minimum Gasteiger partial charge on any atom is -0.390 e. The molecule has 1 saturated heterocycles. The molecule has 0 bridgehead atoms. The highest BCUT2D eigenvalue weighted by molar-refractivity contribution is 4.88. The smallest absolute Gasteiger partial charge is 0.184 e. The van der Waals surface area contributed by atoms with Crippen LogP contribution in [0.4, 0.5) is 0 Å². The average molecular weight is 318 g/mol. The monoisotopic (exact) mass is 318 g/mol. The molecule has 22 heavy (non-hydrogen) atoms. The summed E-state index contributed by atoms with van der Waals surface area (Å²) in [5.41, 5.74) is 0. The van der Waals surface area contributed by atoms with E-state index in [4.69, 9.17) is 14.2 Å².